The van der Waals surface area contributed by atoms with Crippen LogP contribution in [0.3, 0.4) is 0 Å². The van der Waals surface area contributed by atoms with Crippen molar-refractivity contribution in [3.63, 3.8) is 0 Å². The van der Waals surface area contributed by atoms with Crippen molar-refractivity contribution in [2.75, 3.05) is 58.2 Å². The van der Waals surface area contributed by atoms with E-state index in [1.165, 1.54) is 0 Å². The highest BCUT2D eigenvalue weighted by molar-refractivity contribution is 5.93. The van der Waals surface area contributed by atoms with Crippen LogP contribution in [-0.2, 0) is 9.47 Å². The number of hydrogen-bond acceptors (Lipinski definition) is 7. The van der Waals surface area contributed by atoms with Gasteiger partial charge in [-0.15, -0.1) is 0 Å². The van der Waals surface area contributed by atoms with E-state index in [1.807, 2.05) is 19.9 Å². The Hall–Kier alpha value is -1.97. The lowest BCUT2D eigenvalue weighted by Gasteiger charge is -2.40. The highest BCUT2D eigenvalue weighted by Crippen LogP contribution is 2.39. The molecule has 180 valence electrons. The van der Waals surface area contributed by atoms with Gasteiger partial charge in [0.1, 0.15) is 18.1 Å². The number of aliphatic hydroxyl groups is 1. The highest BCUT2D eigenvalue weighted by Gasteiger charge is 2.38. The van der Waals surface area contributed by atoms with E-state index in [1.54, 1.807) is 13.2 Å². The summed E-state index contributed by atoms with van der Waals surface area (Å²) in [7, 11) is 1.69. The van der Waals surface area contributed by atoms with Crippen molar-refractivity contribution in [1.82, 2.24) is 10.3 Å². The number of carbonyl (C=O) groups excluding carboxylic acids is 1. The fraction of sp³-hybridized carbons (Fsp3) is 0.739. The molecule has 1 saturated heterocycles. The van der Waals surface area contributed by atoms with E-state index in [4.69, 9.17) is 14.2 Å². The Morgan fingerprint density at radius 2 is 2.06 bits per heavy atom. The van der Waals surface area contributed by atoms with Crippen LogP contribution in [0.25, 0.3) is 0 Å². The Morgan fingerprint density at radius 3 is 2.66 bits per heavy atom. The molecule has 2 N–H and O–H groups in total. The van der Waals surface area contributed by atoms with Gasteiger partial charge in [0.25, 0.3) is 5.91 Å². The molecule has 32 heavy (non-hydrogen) atoms. The number of nitrogens with one attached hydrogen (secondary N) is 1. The smallest absolute Gasteiger partial charge is 0.270 e. The summed E-state index contributed by atoms with van der Waals surface area (Å²) >= 11 is 0. The third-order valence-corrected chi connectivity index (χ3v) is 6.66. The minimum absolute atomic E-state index is 0.0108. The molecule has 0 bridgehead atoms. The number of amides is 1. The SMILES string of the molecule is CCC(CC)(COCCF)NC(=O)c1ccc(N2CC(OC)C2)c(OC[C@H]2C[C@@H]2CO)n1. The standard InChI is InChI=1S/C23H36FN3O5/c1-4-23(5-2,15-31-9-8-24)26-21(29)19-6-7-20(27-11-18(12-27)30-3)22(25-19)32-14-17-10-16(17)13-28/h6-7,16-18,28H,4-5,8-15H2,1-3H3,(H,26,29)/t16-,17-/m1/s1. The zero-order chi connectivity index (χ0) is 23.1. The molecule has 9 heteroatoms. The molecular weight excluding hydrogens is 417 g/mol. The summed E-state index contributed by atoms with van der Waals surface area (Å²) < 4.78 is 29.2. The lowest BCUT2D eigenvalue weighted by atomic mass is 9.93. The minimum Gasteiger partial charge on any atom is -0.476 e. The number of aromatic nitrogens is 1. The number of aliphatic hydroxyl groups excluding tert-OH is 1. The summed E-state index contributed by atoms with van der Waals surface area (Å²) in [4.78, 5) is 19.7. The van der Waals surface area contributed by atoms with Crippen molar-refractivity contribution >= 4 is 11.6 Å². The molecule has 2 atom stereocenters. The molecule has 1 aromatic rings. The average molecular weight is 454 g/mol. The lowest BCUT2D eigenvalue weighted by Crippen LogP contribution is -2.52. The molecule has 1 aromatic heterocycles. The van der Waals surface area contributed by atoms with Gasteiger partial charge >= 0.3 is 0 Å². The van der Waals surface area contributed by atoms with E-state index in [0.717, 1.165) is 25.2 Å². The molecule has 2 heterocycles. The summed E-state index contributed by atoms with van der Waals surface area (Å²) in [5, 5.41) is 12.3. The topological polar surface area (TPSA) is 93.2 Å². The number of anilines is 1. The Labute approximate surface area is 189 Å². The first kappa shape index (κ1) is 24.7. The first-order chi connectivity index (χ1) is 15.5. The Bertz CT molecular complexity index is 755. The molecule has 0 unspecified atom stereocenters. The average Bonchev–Trinajstić information content (AvgIpc) is 3.55. The van der Waals surface area contributed by atoms with Gasteiger partial charge in [-0.05, 0) is 43.2 Å². The molecule has 2 fully saturated rings. The van der Waals surface area contributed by atoms with Gasteiger partial charge in [0, 0.05) is 26.8 Å². The van der Waals surface area contributed by atoms with E-state index in [0.29, 0.717) is 31.2 Å². The molecule has 2 aliphatic rings. The van der Waals surface area contributed by atoms with E-state index in [2.05, 4.69) is 15.2 Å². The van der Waals surface area contributed by atoms with Crippen LogP contribution in [0.4, 0.5) is 10.1 Å². The second-order valence-corrected chi connectivity index (χ2v) is 8.72. The Kier molecular flexibility index (Phi) is 8.67. The number of pyridine rings is 1. The van der Waals surface area contributed by atoms with Crippen LogP contribution in [0.15, 0.2) is 12.1 Å². The fourth-order valence-corrected chi connectivity index (χ4v) is 3.91. The van der Waals surface area contributed by atoms with E-state index < -0.39 is 12.2 Å². The second-order valence-electron chi connectivity index (χ2n) is 8.72. The second kappa shape index (κ2) is 11.2. The number of halogens is 1. The lowest BCUT2D eigenvalue weighted by molar-refractivity contribution is 0.0492. The first-order valence-electron chi connectivity index (χ1n) is 11.5. The molecule has 0 spiro atoms. The minimum atomic E-state index is -0.584. The number of nitrogens with zero attached hydrogens (tertiary/aromatic N) is 2. The fourth-order valence-electron chi connectivity index (χ4n) is 3.91. The molecular formula is C23H36FN3O5. The third kappa shape index (κ3) is 5.88. The van der Waals surface area contributed by atoms with Crippen molar-refractivity contribution in [1.29, 1.82) is 0 Å². The summed E-state index contributed by atoms with van der Waals surface area (Å²) in [6.45, 7) is 5.74. The predicted octanol–water partition coefficient (Wildman–Crippen LogP) is 2.20. The van der Waals surface area contributed by atoms with Gasteiger partial charge in [-0.3, -0.25) is 4.79 Å². The maximum Gasteiger partial charge on any atom is 0.270 e. The van der Waals surface area contributed by atoms with Gasteiger partial charge in [0.05, 0.1) is 31.5 Å². The molecule has 1 aliphatic carbocycles. The van der Waals surface area contributed by atoms with Crippen LogP contribution in [0.2, 0.25) is 0 Å². The van der Waals surface area contributed by atoms with Gasteiger partial charge in [-0.1, -0.05) is 13.8 Å². The van der Waals surface area contributed by atoms with Gasteiger partial charge in [-0.2, -0.15) is 0 Å². The van der Waals surface area contributed by atoms with Crippen molar-refractivity contribution < 1.29 is 28.5 Å². The van der Waals surface area contributed by atoms with Crippen molar-refractivity contribution in [3.05, 3.63) is 17.8 Å². The van der Waals surface area contributed by atoms with Crippen LogP contribution >= 0.6 is 0 Å². The molecule has 0 radical (unpaired) electrons. The maximum atomic E-state index is 13.0. The van der Waals surface area contributed by atoms with E-state index in [9.17, 15) is 14.3 Å². The summed E-state index contributed by atoms with van der Waals surface area (Å²) in [6.07, 6.45) is 2.42. The molecule has 8 nitrogen and oxygen atoms in total. The summed E-state index contributed by atoms with van der Waals surface area (Å²) in [5.41, 5.74) is 0.512. The number of carbonyl (C=O) groups is 1. The van der Waals surface area contributed by atoms with Crippen LogP contribution in [0, 0.1) is 11.8 Å². The molecule has 1 aliphatic heterocycles. The molecule has 1 saturated carbocycles. The third-order valence-electron chi connectivity index (χ3n) is 6.66. The van der Waals surface area contributed by atoms with Gasteiger partial charge in [-0.25, -0.2) is 9.37 Å². The highest BCUT2D eigenvalue weighted by atomic mass is 19.1. The molecule has 0 aromatic carbocycles. The number of methoxy groups -OCH3 is 1. The van der Waals surface area contributed by atoms with Gasteiger partial charge < -0.3 is 29.5 Å². The van der Waals surface area contributed by atoms with Crippen LogP contribution in [0.1, 0.15) is 43.6 Å². The van der Waals surface area contributed by atoms with Crippen LogP contribution in [0.5, 0.6) is 5.88 Å². The normalized spacial score (nSPS) is 20.7. The summed E-state index contributed by atoms with van der Waals surface area (Å²) in [6, 6.07) is 3.56. The van der Waals surface area contributed by atoms with Crippen LogP contribution in [-0.4, -0.2) is 80.9 Å². The number of rotatable bonds is 14. The van der Waals surface area contributed by atoms with E-state index in [-0.39, 0.29) is 43.4 Å². The first-order valence-corrected chi connectivity index (χ1v) is 11.5. The largest absolute Gasteiger partial charge is 0.476 e. The van der Waals surface area contributed by atoms with Crippen LogP contribution < -0.4 is 15.0 Å². The number of ether oxygens (including phenoxy) is 3. The molecule has 1 amide bonds. The predicted molar refractivity (Wildman–Crippen MR) is 119 cm³/mol. The summed E-state index contributed by atoms with van der Waals surface area (Å²) in [5.74, 6) is 0.705. The van der Waals surface area contributed by atoms with Crippen molar-refractivity contribution in [2.45, 2.75) is 44.8 Å². The van der Waals surface area contributed by atoms with Gasteiger partial charge in [0.15, 0.2) is 0 Å². The van der Waals surface area contributed by atoms with Gasteiger partial charge in [0.2, 0.25) is 5.88 Å². The Morgan fingerprint density at radius 1 is 1.31 bits per heavy atom. The number of alkyl halides is 1. The maximum absolute atomic E-state index is 13.0. The zero-order valence-electron chi connectivity index (χ0n) is 19.3. The quantitative estimate of drug-likeness (QED) is 0.417. The molecule has 3 rings (SSSR count). The van der Waals surface area contributed by atoms with E-state index >= 15 is 0 Å². The Balaban J connectivity index is 1.73. The number of hydrogen-bond donors (Lipinski definition) is 2. The van der Waals surface area contributed by atoms with Crippen molar-refractivity contribution in [3.8, 4) is 5.88 Å². The monoisotopic (exact) mass is 453 g/mol. The zero-order valence-corrected chi connectivity index (χ0v) is 19.3. The van der Waals surface area contributed by atoms with Crippen molar-refractivity contribution in [2.24, 2.45) is 11.8 Å².